The summed E-state index contributed by atoms with van der Waals surface area (Å²) in [6, 6.07) is 6.20. The Balaban J connectivity index is 2.59. The predicted molar refractivity (Wildman–Crippen MR) is 95.4 cm³/mol. The molecule has 1 rings (SSSR count). The molecule has 1 atom stereocenters. The van der Waals surface area contributed by atoms with Gasteiger partial charge in [-0.15, -0.1) is 0 Å². The van der Waals surface area contributed by atoms with E-state index in [2.05, 4.69) is 6.92 Å². The van der Waals surface area contributed by atoms with Gasteiger partial charge in [0.15, 0.2) is 0 Å². The Morgan fingerprint density at radius 1 is 1.00 bits per heavy atom. The van der Waals surface area contributed by atoms with E-state index in [4.69, 9.17) is 4.74 Å². The molecular formula is C20H30O4. The lowest BCUT2D eigenvalue weighted by Gasteiger charge is -2.22. The average Bonchev–Trinajstić information content (AvgIpc) is 2.56. The molecule has 4 nitrogen and oxygen atoms in total. The molecule has 0 radical (unpaired) electrons. The van der Waals surface area contributed by atoms with Crippen LogP contribution < -0.4 is 0 Å². The van der Waals surface area contributed by atoms with Crippen molar-refractivity contribution in [2.75, 3.05) is 0 Å². The average molecular weight is 334 g/mol. The van der Waals surface area contributed by atoms with E-state index in [1.54, 1.807) is 12.1 Å². The molecule has 0 bridgehead atoms. The van der Waals surface area contributed by atoms with Gasteiger partial charge in [-0.05, 0) is 30.9 Å². The Bertz CT molecular complexity index is 522. The van der Waals surface area contributed by atoms with Crippen molar-refractivity contribution >= 4 is 11.9 Å². The Morgan fingerprint density at radius 3 is 2.17 bits per heavy atom. The second-order valence-electron chi connectivity index (χ2n) is 6.59. The van der Waals surface area contributed by atoms with Gasteiger partial charge in [-0.3, -0.25) is 0 Å². The number of carbonyl (C=O) groups is 2. The molecule has 0 amide bonds. The van der Waals surface area contributed by atoms with Crippen LogP contribution in [0.3, 0.4) is 0 Å². The van der Waals surface area contributed by atoms with Crippen LogP contribution in [0.5, 0.6) is 0 Å². The van der Waals surface area contributed by atoms with E-state index >= 15 is 0 Å². The number of hydrogen-bond acceptors (Lipinski definition) is 3. The zero-order chi connectivity index (χ0) is 17.9. The molecule has 134 valence electrons. The summed E-state index contributed by atoms with van der Waals surface area (Å²) in [6.07, 6.45) is 7.80. The van der Waals surface area contributed by atoms with Crippen molar-refractivity contribution in [1.29, 1.82) is 0 Å². The van der Waals surface area contributed by atoms with E-state index in [1.807, 2.05) is 13.8 Å². The maximum absolute atomic E-state index is 12.4. The molecule has 0 aliphatic rings. The number of benzene rings is 1. The molecule has 0 aliphatic heterocycles. The molecule has 0 saturated carbocycles. The SMILES string of the molecule is CCCCCCCCC(OC(=O)c1ccccc1C(=O)O)C(C)C. The van der Waals surface area contributed by atoms with Crippen molar-refractivity contribution in [3.63, 3.8) is 0 Å². The lowest BCUT2D eigenvalue weighted by atomic mass is 9.99. The molecule has 0 heterocycles. The Kier molecular flexibility index (Phi) is 9.13. The molecule has 1 aromatic carbocycles. The second kappa shape index (κ2) is 10.8. The van der Waals surface area contributed by atoms with Crippen LogP contribution in [0.25, 0.3) is 0 Å². The summed E-state index contributed by atoms with van der Waals surface area (Å²) in [5.74, 6) is -1.45. The van der Waals surface area contributed by atoms with Gasteiger partial charge in [0.25, 0.3) is 0 Å². The summed E-state index contributed by atoms with van der Waals surface area (Å²) in [5.41, 5.74) is 0.114. The van der Waals surface area contributed by atoms with Crippen molar-refractivity contribution in [2.45, 2.75) is 71.8 Å². The van der Waals surface area contributed by atoms with Crippen molar-refractivity contribution in [3.8, 4) is 0 Å². The van der Waals surface area contributed by atoms with Gasteiger partial charge in [0.1, 0.15) is 6.10 Å². The highest BCUT2D eigenvalue weighted by atomic mass is 16.5. The van der Waals surface area contributed by atoms with Crippen molar-refractivity contribution in [1.82, 2.24) is 0 Å². The van der Waals surface area contributed by atoms with Crippen molar-refractivity contribution < 1.29 is 19.4 Å². The number of carboxylic acids is 1. The summed E-state index contributed by atoms with van der Waals surface area (Å²) in [6.45, 7) is 6.25. The van der Waals surface area contributed by atoms with Crippen LogP contribution in [-0.4, -0.2) is 23.1 Å². The summed E-state index contributed by atoms with van der Waals surface area (Å²) < 4.78 is 5.61. The zero-order valence-electron chi connectivity index (χ0n) is 15.1. The molecule has 0 saturated heterocycles. The maximum Gasteiger partial charge on any atom is 0.339 e. The first-order chi connectivity index (χ1) is 11.5. The Labute approximate surface area is 145 Å². The molecule has 1 N–H and O–H groups in total. The molecule has 24 heavy (non-hydrogen) atoms. The lowest BCUT2D eigenvalue weighted by Crippen LogP contribution is -2.24. The topological polar surface area (TPSA) is 63.6 Å². The van der Waals surface area contributed by atoms with Gasteiger partial charge < -0.3 is 9.84 Å². The quantitative estimate of drug-likeness (QED) is 0.439. The first-order valence-electron chi connectivity index (χ1n) is 9.00. The number of rotatable bonds is 11. The van der Waals surface area contributed by atoms with Crippen molar-refractivity contribution in [3.05, 3.63) is 35.4 Å². The fourth-order valence-electron chi connectivity index (χ4n) is 2.70. The standard InChI is InChI=1S/C20H30O4/c1-4-5-6-7-8-9-14-18(15(2)3)24-20(23)17-13-11-10-12-16(17)19(21)22/h10-13,15,18H,4-9,14H2,1-3H3,(H,21,22). The smallest absolute Gasteiger partial charge is 0.339 e. The van der Waals surface area contributed by atoms with Crippen LogP contribution in [0, 0.1) is 5.92 Å². The van der Waals surface area contributed by atoms with Crippen LogP contribution in [-0.2, 0) is 4.74 Å². The Hall–Kier alpha value is -1.84. The molecule has 0 aliphatic carbocycles. The second-order valence-corrected chi connectivity index (χ2v) is 6.59. The molecule has 0 fully saturated rings. The van der Waals surface area contributed by atoms with Crippen LogP contribution in [0.4, 0.5) is 0 Å². The van der Waals surface area contributed by atoms with Crippen LogP contribution in [0.2, 0.25) is 0 Å². The van der Waals surface area contributed by atoms with E-state index < -0.39 is 11.9 Å². The zero-order valence-corrected chi connectivity index (χ0v) is 15.1. The minimum Gasteiger partial charge on any atom is -0.478 e. The minimum absolute atomic E-state index is 0.00966. The highest BCUT2D eigenvalue weighted by molar-refractivity contribution is 6.02. The first kappa shape index (κ1) is 20.2. The third kappa shape index (κ3) is 6.73. The van der Waals surface area contributed by atoms with Gasteiger partial charge in [-0.2, -0.15) is 0 Å². The molecule has 1 aromatic rings. The Morgan fingerprint density at radius 2 is 1.58 bits per heavy atom. The van der Waals surface area contributed by atoms with Gasteiger partial charge >= 0.3 is 11.9 Å². The number of carboxylic acid groups (broad SMARTS) is 1. The van der Waals surface area contributed by atoms with E-state index in [0.29, 0.717) is 0 Å². The number of aromatic carboxylic acids is 1. The predicted octanol–water partition coefficient (Wildman–Crippen LogP) is 5.32. The van der Waals surface area contributed by atoms with E-state index in [-0.39, 0.29) is 23.1 Å². The number of unbranched alkanes of at least 4 members (excludes halogenated alkanes) is 5. The van der Waals surface area contributed by atoms with Gasteiger partial charge in [-0.25, -0.2) is 9.59 Å². The fourth-order valence-corrected chi connectivity index (χ4v) is 2.70. The van der Waals surface area contributed by atoms with E-state index in [9.17, 15) is 14.7 Å². The van der Waals surface area contributed by atoms with Gasteiger partial charge in [0, 0.05) is 0 Å². The van der Waals surface area contributed by atoms with Crippen LogP contribution in [0.1, 0.15) is 86.4 Å². The monoisotopic (exact) mass is 334 g/mol. The van der Waals surface area contributed by atoms with Crippen LogP contribution >= 0.6 is 0 Å². The number of ether oxygens (including phenoxy) is 1. The summed E-state index contributed by atoms with van der Waals surface area (Å²) in [5, 5.41) is 9.19. The third-order valence-corrected chi connectivity index (χ3v) is 4.22. The highest BCUT2D eigenvalue weighted by Crippen LogP contribution is 2.19. The maximum atomic E-state index is 12.4. The number of hydrogen-bond donors (Lipinski definition) is 1. The summed E-state index contributed by atoms with van der Waals surface area (Å²) >= 11 is 0. The summed E-state index contributed by atoms with van der Waals surface area (Å²) in [4.78, 5) is 23.6. The highest BCUT2D eigenvalue weighted by Gasteiger charge is 2.22. The summed E-state index contributed by atoms with van der Waals surface area (Å²) in [7, 11) is 0. The first-order valence-corrected chi connectivity index (χ1v) is 9.00. The molecular weight excluding hydrogens is 304 g/mol. The lowest BCUT2D eigenvalue weighted by molar-refractivity contribution is 0.0147. The van der Waals surface area contributed by atoms with Crippen molar-refractivity contribution in [2.24, 2.45) is 5.92 Å². The van der Waals surface area contributed by atoms with Gasteiger partial charge in [0.2, 0.25) is 0 Å². The van der Waals surface area contributed by atoms with Gasteiger partial charge in [-0.1, -0.05) is 65.0 Å². The molecule has 0 aromatic heterocycles. The fraction of sp³-hybridized carbons (Fsp3) is 0.600. The van der Waals surface area contributed by atoms with Gasteiger partial charge in [0.05, 0.1) is 11.1 Å². The van der Waals surface area contributed by atoms with E-state index in [1.165, 1.54) is 37.8 Å². The molecule has 4 heteroatoms. The number of esters is 1. The van der Waals surface area contributed by atoms with E-state index in [0.717, 1.165) is 19.3 Å². The molecule has 0 spiro atoms. The normalized spacial score (nSPS) is 12.2. The largest absolute Gasteiger partial charge is 0.478 e. The third-order valence-electron chi connectivity index (χ3n) is 4.22. The number of carbonyl (C=O) groups excluding carboxylic acids is 1. The molecule has 1 unspecified atom stereocenters. The van der Waals surface area contributed by atoms with Crippen LogP contribution in [0.15, 0.2) is 24.3 Å². The minimum atomic E-state index is -1.11.